The van der Waals surface area contributed by atoms with Crippen molar-refractivity contribution in [2.75, 3.05) is 5.32 Å². The number of hydrogen-bond donors (Lipinski definition) is 2. The molecule has 2 N–H and O–H groups in total. The summed E-state index contributed by atoms with van der Waals surface area (Å²) in [6, 6.07) is 5.16. The van der Waals surface area contributed by atoms with Crippen molar-refractivity contribution in [2.24, 2.45) is 0 Å². The van der Waals surface area contributed by atoms with E-state index in [0.29, 0.717) is 11.8 Å². The quantitative estimate of drug-likeness (QED) is 0.851. The van der Waals surface area contributed by atoms with Crippen LogP contribution in [0, 0.1) is 5.82 Å². The van der Waals surface area contributed by atoms with E-state index in [1.807, 2.05) is 0 Å². The maximum atomic E-state index is 13.6. The van der Waals surface area contributed by atoms with Crippen molar-refractivity contribution in [3.05, 3.63) is 63.8 Å². The number of rotatable bonds is 3. The Kier molecular flexibility index (Phi) is 3.78. The minimum atomic E-state index is -4.57. The lowest BCUT2D eigenvalue weighted by Gasteiger charge is -2.10. The molecule has 0 aliphatic rings. The molecule has 0 unspecified atom stereocenters. The molecule has 1 aromatic heterocycles. The molecule has 0 bridgehead atoms. The average molecular weight is 286 g/mol. The molecule has 106 valence electrons. The van der Waals surface area contributed by atoms with E-state index in [2.05, 4.69) is 10.3 Å². The van der Waals surface area contributed by atoms with Crippen molar-refractivity contribution in [1.29, 1.82) is 0 Å². The minimum Gasteiger partial charge on any atom is -0.381 e. The molecule has 0 spiro atoms. The van der Waals surface area contributed by atoms with Crippen molar-refractivity contribution < 1.29 is 17.6 Å². The van der Waals surface area contributed by atoms with Crippen LogP contribution in [0.1, 0.15) is 11.1 Å². The predicted octanol–water partition coefficient (Wildman–Crippen LogP) is 3.14. The molecule has 20 heavy (non-hydrogen) atoms. The van der Waals surface area contributed by atoms with Gasteiger partial charge in [0.05, 0.1) is 5.56 Å². The van der Waals surface area contributed by atoms with Crippen LogP contribution >= 0.6 is 0 Å². The Morgan fingerprint density at radius 1 is 1.15 bits per heavy atom. The highest BCUT2D eigenvalue weighted by Gasteiger charge is 2.31. The SMILES string of the molecule is O=c1cc(NCc2ccc(C(F)(F)F)cc2F)cc[nH]1. The molecule has 0 aliphatic heterocycles. The van der Waals surface area contributed by atoms with E-state index in [9.17, 15) is 22.4 Å². The van der Waals surface area contributed by atoms with Gasteiger partial charge in [0.2, 0.25) is 5.56 Å². The summed E-state index contributed by atoms with van der Waals surface area (Å²) in [7, 11) is 0. The number of aromatic nitrogens is 1. The van der Waals surface area contributed by atoms with Crippen molar-refractivity contribution in [2.45, 2.75) is 12.7 Å². The summed E-state index contributed by atoms with van der Waals surface area (Å²) in [5, 5.41) is 2.76. The van der Waals surface area contributed by atoms with Gasteiger partial charge in [-0.25, -0.2) is 4.39 Å². The Bertz CT molecular complexity index is 664. The van der Waals surface area contributed by atoms with Gasteiger partial charge < -0.3 is 10.3 Å². The van der Waals surface area contributed by atoms with Crippen LogP contribution in [-0.2, 0) is 12.7 Å². The molecule has 7 heteroatoms. The Morgan fingerprint density at radius 2 is 1.90 bits per heavy atom. The van der Waals surface area contributed by atoms with Crippen molar-refractivity contribution in [3.63, 3.8) is 0 Å². The first-order chi connectivity index (χ1) is 9.36. The number of aromatic amines is 1. The van der Waals surface area contributed by atoms with E-state index in [4.69, 9.17) is 0 Å². The van der Waals surface area contributed by atoms with Crippen LogP contribution < -0.4 is 10.9 Å². The first kappa shape index (κ1) is 14.1. The summed E-state index contributed by atoms with van der Waals surface area (Å²) >= 11 is 0. The highest BCUT2D eigenvalue weighted by atomic mass is 19.4. The monoisotopic (exact) mass is 286 g/mol. The molecular formula is C13H10F4N2O. The molecule has 0 amide bonds. The van der Waals surface area contributed by atoms with Crippen molar-refractivity contribution in [3.8, 4) is 0 Å². The number of alkyl halides is 3. The lowest BCUT2D eigenvalue weighted by atomic mass is 10.1. The lowest BCUT2D eigenvalue weighted by molar-refractivity contribution is -0.137. The zero-order valence-corrected chi connectivity index (χ0v) is 10.1. The molecule has 0 fully saturated rings. The predicted molar refractivity (Wildman–Crippen MR) is 65.8 cm³/mol. The van der Waals surface area contributed by atoms with Crippen LogP contribution in [0.25, 0.3) is 0 Å². The van der Waals surface area contributed by atoms with E-state index in [0.717, 1.165) is 12.1 Å². The molecule has 3 nitrogen and oxygen atoms in total. The van der Waals surface area contributed by atoms with Crippen molar-refractivity contribution >= 4 is 5.69 Å². The summed E-state index contributed by atoms with van der Waals surface area (Å²) in [4.78, 5) is 13.4. The second-order valence-electron chi connectivity index (χ2n) is 4.10. The maximum Gasteiger partial charge on any atom is 0.416 e. The molecule has 0 aliphatic carbocycles. The second-order valence-corrected chi connectivity index (χ2v) is 4.10. The molecular weight excluding hydrogens is 276 g/mol. The number of benzene rings is 1. The standard InChI is InChI=1S/C13H10F4N2O/c14-11-5-9(13(15,16)17)2-1-8(11)7-19-10-3-4-18-12(20)6-10/h1-6H,7H2,(H2,18,19,20). The maximum absolute atomic E-state index is 13.6. The Labute approximate surface area is 111 Å². The number of hydrogen-bond acceptors (Lipinski definition) is 2. The van der Waals surface area contributed by atoms with Crippen LogP contribution in [0.3, 0.4) is 0 Å². The molecule has 0 atom stereocenters. The summed E-state index contributed by atoms with van der Waals surface area (Å²) in [5.74, 6) is -0.947. The Morgan fingerprint density at radius 3 is 2.50 bits per heavy atom. The highest BCUT2D eigenvalue weighted by molar-refractivity contribution is 5.42. The molecule has 1 aromatic carbocycles. The molecule has 0 saturated carbocycles. The number of halogens is 4. The molecule has 2 rings (SSSR count). The van der Waals surface area contributed by atoms with Gasteiger partial charge in [-0.3, -0.25) is 4.79 Å². The fourth-order valence-corrected chi connectivity index (χ4v) is 1.62. The fraction of sp³-hybridized carbons (Fsp3) is 0.154. The lowest BCUT2D eigenvalue weighted by Crippen LogP contribution is -2.09. The van der Waals surface area contributed by atoms with Gasteiger partial charge in [0.25, 0.3) is 0 Å². The third kappa shape index (κ3) is 3.37. The van der Waals surface area contributed by atoms with Crippen LogP contribution in [0.4, 0.5) is 23.2 Å². The van der Waals surface area contributed by atoms with Gasteiger partial charge in [-0.15, -0.1) is 0 Å². The van der Waals surface area contributed by atoms with E-state index in [1.165, 1.54) is 12.3 Å². The van der Waals surface area contributed by atoms with Crippen molar-refractivity contribution in [1.82, 2.24) is 4.98 Å². The number of anilines is 1. The second kappa shape index (κ2) is 5.36. The molecule has 0 radical (unpaired) electrons. The van der Waals surface area contributed by atoms with E-state index >= 15 is 0 Å². The van der Waals surface area contributed by atoms with Gasteiger partial charge in [-0.05, 0) is 18.2 Å². The Hall–Kier alpha value is -2.31. The van der Waals surface area contributed by atoms with Crippen LogP contribution in [0.5, 0.6) is 0 Å². The van der Waals surface area contributed by atoms with Gasteiger partial charge in [0.15, 0.2) is 0 Å². The first-order valence-electron chi connectivity index (χ1n) is 5.64. The van der Waals surface area contributed by atoms with Crippen LogP contribution in [0.2, 0.25) is 0 Å². The Balaban J connectivity index is 2.13. The number of nitrogens with one attached hydrogen (secondary N) is 2. The van der Waals surface area contributed by atoms with Gasteiger partial charge in [-0.2, -0.15) is 13.2 Å². The minimum absolute atomic E-state index is 0.0204. The molecule has 1 heterocycles. The largest absolute Gasteiger partial charge is 0.416 e. The molecule has 0 saturated heterocycles. The highest BCUT2D eigenvalue weighted by Crippen LogP contribution is 2.30. The van der Waals surface area contributed by atoms with E-state index in [-0.39, 0.29) is 17.7 Å². The first-order valence-corrected chi connectivity index (χ1v) is 5.64. The average Bonchev–Trinajstić information content (AvgIpc) is 2.36. The summed E-state index contributed by atoms with van der Waals surface area (Å²) in [6.07, 6.45) is -3.16. The van der Waals surface area contributed by atoms with Gasteiger partial charge in [0, 0.05) is 30.1 Å². The van der Waals surface area contributed by atoms with E-state index < -0.39 is 17.6 Å². The number of pyridine rings is 1. The zero-order chi connectivity index (χ0) is 14.8. The summed E-state index contributed by atoms with van der Waals surface area (Å²) < 4.78 is 50.7. The summed E-state index contributed by atoms with van der Waals surface area (Å²) in [6.45, 7) is -0.0204. The van der Waals surface area contributed by atoms with Crippen LogP contribution in [0.15, 0.2) is 41.3 Å². The molecule has 2 aromatic rings. The van der Waals surface area contributed by atoms with Gasteiger partial charge in [0.1, 0.15) is 5.82 Å². The van der Waals surface area contributed by atoms with Gasteiger partial charge >= 0.3 is 6.18 Å². The smallest absolute Gasteiger partial charge is 0.381 e. The zero-order valence-electron chi connectivity index (χ0n) is 10.1. The topological polar surface area (TPSA) is 44.9 Å². The number of H-pyrrole nitrogens is 1. The van der Waals surface area contributed by atoms with Gasteiger partial charge in [-0.1, -0.05) is 6.07 Å². The normalized spacial score (nSPS) is 11.4. The summed E-state index contributed by atoms with van der Waals surface area (Å²) in [5.41, 5.74) is -0.830. The van der Waals surface area contributed by atoms with E-state index in [1.54, 1.807) is 6.07 Å². The third-order valence-electron chi connectivity index (χ3n) is 2.64. The van der Waals surface area contributed by atoms with Crippen LogP contribution in [-0.4, -0.2) is 4.98 Å². The fourth-order valence-electron chi connectivity index (χ4n) is 1.62. The third-order valence-corrected chi connectivity index (χ3v) is 2.64.